The maximum atomic E-state index is 9.93. The van der Waals surface area contributed by atoms with Crippen LogP contribution in [0.2, 0.25) is 0 Å². The zero-order valence-corrected chi connectivity index (χ0v) is 13.4. The molecule has 22 heavy (non-hydrogen) atoms. The number of nitrogens with zero attached hydrogens (tertiary/aromatic N) is 3. The van der Waals surface area contributed by atoms with Gasteiger partial charge in [0.05, 0.1) is 6.20 Å². The fraction of sp³-hybridized carbons (Fsp3) is 0.0833. The van der Waals surface area contributed by atoms with E-state index in [1.54, 1.807) is 12.4 Å². The van der Waals surface area contributed by atoms with Gasteiger partial charge in [-0.1, -0.05) is 30.3 Å². The summed E-state index contributed by atoms with van der Waals surface area (Å²) in [6, 6.07) is 12.1. The molecule has 0 spiro atoms. The first-order valence-electron chi connectivity index (χ1n) is 5.69. The van der Waals surface area contributed by atoms with Crippen LogP contribution in [-0.4, -0.2) is 24.5 Å². The van der Waals surface area contributed by atoms with E-state index in [1.165, 1.54) is 5.56 Å². The predicted octanol–water partition coefficient (Wildman–Crippen LogP) is 3.43. The van der Waals surface area contributed by atoms with Crippen molar-refractivity contribution < 1.29 is 21.4 Å². The third kappa shape index (κ3) is 10.9. The zero-order chi connectivity index (χ0) is 16.9. The maximum absolute atomic E-state index is 11.2. The number of rotatable bonds is 2. The van der Waals surface area contributed by atoms with E-state index >= 15 is 0 Å². The molecule has 1 aromatic carbocycles. The summed E-state index contributed by atoms with van der Waals surface area (Å²) >= 11 is -11.2. The molecule has 3 nitrogen and oxygen atoms in total. The number of halogens is 6. The topological polar surface area (TPSA) is 40.6 Å². The summed E-state index contributed by atoms with van der Waals surface area (Å²) in [5.74, 6) is 0. The molecule has 2 aromatic rings. The molecule has 0 aliphatic carbocycles. The van der Waals surface area contributed by atoms with Crippen molar-refractivity contribution in [1.82, 2.24) is 4.98 Å². The molecule has 0 N–H and O–H groups in total. The fourth-order valence-corrected chi connectivity index (χ4v) is 1.38. The van der Waals surface area contributed by atoms with Gasteiger partial charge in [0, 0.05) is 5.56 Å². The van der Waals surface area contributed by atoms with Gasteiger partial charge < -0.3 is 0 Å². The summed E-state index contributed by atoms with van der Waals surface area (Å²) in [4.78, 5) is 3.92. The van der Waals surface area contributed by atoms with Crippen LogP contribution in [0.25, 0.3) is 0 Å². The number of aromatic nitrogens is 2. The molecule has 10 heteroatoms. The Morgan fingerprint density at radius 1 is 1.05 bits per heavy atom. The molecule has 0 radical (unpaired) electrons. The molecular weight excluding hydrogens is 422 g/mol. The Morgan fingerprint density at radius 2 is 1.59 bits per heavy atom. The SMILES string of the molecule is N#Cc1c[n+](Cc2ccccc2)ccn1.[F][Sb-]([F])([F])([F])([F])[F]. The van der Waals surface area contributed by atoms with Crippen LogP contribution in [0.15, 0.2) is 48.9 Å². The van der Waals surface area contributed by atoms with E-state index < -0.39 is 19.5 Å². The van der Waals surface area contributed by atoms with E-state index in [9.17, 15) is 16.9 Å². The number of hydrogen-bond donors (Lipinski definition) is 0. The molecule has 0 bridgehead atoms. The van der Waals surface area contributed by atoms with Crippen LogP contribution in [0, 0.1) is 11.3 Å². The Bertz CT molecular complexity index is 668. The van der Waals surface area contributed by atoms with Crippen molar-refractivity contribution in [2.45, 2.75) is 6.54 Å². The van der Waals surface area contributed by atoms with Crippen LogP contribution < -0.4 is 4.57 Å². The molecule has 1 heterocycles. The summed E-state index contributed by atoms with van der Waals surface area (Å²) in [6.45, 7) is 0.762. The second kappa shape index (κ2) is 5.76. The third-order valence-electron chi connectivity index (χ3n) is 2.08. The number of benzene rings is 1. The van der Waals surface area contributed by atoms with Crippen LogP contribution in [0.3, 0.4) is 0 Å². The van der Waals surface area contributed by atoms with E-state index in [-0.39, 0.29) is 0 Å². The van der Waals surface area contributed by atoms with Crippen LogP contribution in [0.5, 0.6) is 0 Å². The zero-order valence-electron chi connectivity index (χ0n) is 10.9. The van der Waals surface area contributed by atoms with Gasteiger partial charge >= 0.3 is 36.4 Å². The molecule has 120 valence electrons. The Hall–Kier alpha value is -1.81. The summed E-state index contributed by atoms with van der Waals surface area (Å²) in [6.07, 6.45) is 5.24. The van der Waals surface area contributed by atoms with E-state index in [4.69, 9.17) is 5.26 Å². The van der Waals surface area contributed by atoms with E-state index in [1.807, 2.05) is 35.0 Å². The first-order chi connectivity index (χ1) is 9.83. The van der Waals surface area contributed by atoms with Gasteiger partial charge in [-0.25, -0.2) is 4.98 Å². The summed E-state index contributed by atoms with van der Waals surface area (Å²) < 4.78 is 61.5. The fourth-order valence-electron chi connectivity index (χ4n) is 1.38. The molecular formula is C12H10F6N3Sb. The molecule has 0 aliphatic rings. The minimum absolute atomic E-state index is 0.438. The van der Waals surface area contributed by atoms with Gasteiger partial charge in [0.2, 0.25) is 11.9 Å². The quantitative estimate of drug-likeness (QED) is 0.415. The third-order valence-corrected chi connectivity index (χ3v) is 2.08. The number of nitriles is 1. The molecule has 0 atom stereocenters. The summed E-state index contributed by atoms with van der Waals surface area (Å²) in [5, 5.41) is 8.70. The van der Waals surface area contributed by atoms with Crippen molar-refractivity contribution in [3.05, 3.63) is 60.2 Å². The monoisotopic (exact) mass is 431 g/mol. The second-order valence-electron chi connectivity index (χ2n) is 4.17. The first-order valence-corrected chi connectivity index (χ1v) is 11.5. The van der Waals surface area contributed by atoms with E-state index in [2.05, 4.69) is 17.1 Å². The molecule has 2 rings (SSSR count). The standard InChI is InChI=1S/C12H10N3.6FH.Sb/c13-8-12-10-15(7-6-14-12)9-11-4-2-1-3-5-11;;;;;;;/h1-7,10H,9H2;6*1H;/q+1;;;;;;;+5/p-6. The normalized spacial score (nSPS) is 13.9. The summed E-state index contributed by atoms with van der Waals surface area (Å²) in [5.41, 5.74) is 1.64. The van der Waals surface area contributed by atoms with Crippen LogP contribution in [0.1, 0.15) is 11.3 Å². The Labute approximate surface area is 124 Å². The van der Waals surface area contributed by atoms with Crippen molar-refractivity contribution in [3.8, 4) is 6.07 Å². The summed E-state index contributed by atoms with van der Waals surface area (Å²) in [7, 11) is 0. The molecule has 0 saturated heterocycles. The number of hydrogen-bond acceptors (Lipinski definition) is 2. The van der Waals surface area contributed by atoms with Gasteiger partial charge in [0.25, 0.3) is 0 Å². The van der Waals surface area contributed by atoms with E-state index in [0.29, 0.717) is 5.69 Å². The predicted molar refractivity (Wildman–Crippen MR) is 67.1 cm³/mol. The molecule has 0 amide bonds. The van der Waals surface area contributed by atoms with Crippen molar-refractivity contribution in [3.63, 3.8) is 0 Å². The van der Waals surface area contributed by atoms with Gasteiger partial charge in [-0.2, -0.15) is 9.83 Å². The molecule has 0 saturated carbocycles. The van der Waals surface area contributed by atoms with Gasteiger partial charge in [-0.15, -0.1) is 0 Å². The van der Waals surface area contributed by atoms with Crippen LogP contribution >= 0.6 is 0 Å². The molecule has 1 aromatic heterocycles. The second-order valence-corrected chi connectivity index (χ2v) is 9.64. The molecule has 0 unspecified atom stereocenters. The Kier molecular flexibility index (Phi) is 4.78. The van der Waals surface area contributed by atoms with Gasteiger partial charge in [0.15, 0.2) is 12.7 Å². The Morgan fingerprint density at radius 3 is 2.09 bits per heavy atom. The van der Waals surface area contributed by atoms with Gasteiger partial charge in [-0.3, -0.25) is 0 Å². The van der Waals surface area contributed by atoms with Crippen LogP contribution in [-0.2, 0) is 6.54 Å². The average molecular weight is 432 g/mol. The Balaban J connectivity index is 0.000000295. The average Bonchev–Trinajstić information content (AvgIpc) is 2.36. The van der Waals surface area contributed by atoms with Crippen molar-refractivity contribution >= 4 is 19.5 Å². The van der Waals surface area contributed by atoms with Gasteiger partial charge in [0.1, 0.15) is 6.07 Å². The van der Waals surface area contributed by atoms with Crippen LogP contribution in [0.4, 0.5) is 16.9 Å². The van der Waals surface area contributed by atoms with Crippen molar-refractivity contribution in [2.24, 2.45) is 0 Å². The van der Waals surface area contributed by atoms with Crippen molar-refractivity contribution in [2.75, 3.05) is 0 Å². The van der Waals surface area contributed by atoms with Crippen molar-refractivity contribution in [1.29, 1.82) is 5.26 Å². The van der Waals surface area contributed by atoms with E-state index in [0.717, 1.165) is 6.54 Å². The molecule has 0 aliphatic heterocycles. The van der Waals surface area contributed by atoms with Gasteiger partial charge in [-0.05, 0) is 0 Å². The first kappa shape index (κ1) is 18.2. The minimum atomic E-state index is -11.2. The molecule has 0 fully saturated rings.